The maximum absolute atomic E-state index is 13.3. The molecule has 5 rings (SSSR count). The number of piperazine rings is 1. The van der Waals surface area contributed by atoms with Gasteiger partial charge in [-0.1, -0.05) is 47.5 Å². The van der Waals surface area contributed by atoms with Crippen LogP contribution in [0.4, 0.5) is 5.82 Å². The highest BCUT2D eigenvalue weighted by atomic mass is 16.5. The minimum absolute atomic E-state index is 0.0181. The van der Waals surface area contributed by atoms with Gasteiger partial charge in [0.1, 0.15) is 6.54 Å². The van der Waals surface area contributed by atoms with E-state index in [0.29, 0.717) is 44.9 Å². The quantitative estimate of drug-likeness (QED) is 0.479. The van der Waals surface area contributed by atoms with Gasteiger partial charge in [0, 0.05) is 50.5 Å². The number of aryl methyl sites for hydroxylation is 2. The van der Waals surface area contributed by atoms with Gasteiger partial charge in [0.15, 0.2) is 5.82 Å². The van der Waals surface area contributed by atoms with Crippen molar-refractivity contribution in [1.29, 1.82) is 0 Å². The Morgan fingerprint density at radius 3 is 2.18 bits per heavy atom. The van der Waals surface area contributed by atoms with Crippen LogP contribution in [0.2, 0.25) is 0 Å². The van der Waals surface area contributed by atoms with Crippen molar-refractivity contribution >= 4 is 17.6 Å². The zero-order valence-electron chi connectivity index (χ0n) is 22.2. The molecule has 198 valence electrons. The lowest BCUT2D eigenvalue weighted by Gasteiger charge is -2.36. The lowest BCUT2D eigenvalue weighted by Crippen LogP contribution is -2.52. The second-order valence-corrected chi connectivity index (χ2v) is 10.2. The van der Waals surface area contributed by atoms with Crippen LogP contribution in [0.3, 0.4) is 0 Å². The Hall–Kier alpha value is -3.78. The molecule has 0 N–H and O–H groups in total. The van der Waals surface area contributed by atoms with Crippen molar-refractivity contribution in [3.05, 3.63) is 77.4 Å². The molecule has 3 aromatic rings. The highest BCUT2D eigenvalue weighted by Crippen LogP contribution is 2.20. The highest BCUT2D eigenvalue weighted by molar-refractivity contribution is 5.96. The van der Waals surface area contributed by atoms with Crippen LogP contribution >= 0.6 is 0 Å². The molecule has 0 saturated carbocycles. The monoisotopic (exact) mass is 513 g/mol. The molecule has 8 heteroatoms. The van der Waals surface area contributed by atoms with E-state index in [1.165, 1.54) is 5.56 Å². The first-order chi connectivity index (χ1) is 18.5. The molecule has 8 nitrogen and oxygen atoms in total. The normalized spacial score (nSPS) is 17.5. The molecule has 2 amide bonds. The van der Waals surface area contributed by atoms with E-state index in [2.05, 4.69) is 46.3 Å². The fourth-order valence-corrected chi connectivity index (χ4v) is 4.95. The standard InChI is InChI=1S/C30H35N5O3/c1-22-5-9-24(10-6-22)27-13-14-28(32-31-27)33-15-17-34(18-16-33)29(36)21-35(20-26-4-3-19-38-26)30(37)25-11-7-23(2)8-12-25/h5-14,26H,3-4,15-21H2,1-2H3. The van der Waals surface area contributed by atoms with E-state index in [1.807, 2.05) is 48.2 Å². The van der Waals surface area contributed by atoms with Gasteiger partial charge >= 0.3 is 0 Å². The van der Waals surface area contributed by atoms with Crippen LogP contribution in [-0.4, -0.2) is 83.8 Å². The Labute approximate surface area is 224 Å². The van der Waals surface area contributed by atoms with Gasteiger partial charge in [-0.15, -0.1) is 10.2 Å². The summed E-state index contributed by atoms with van der Waals surface area (Å²) >= 11 is 0. The molecule has 38 heavy (non-hydrogen) atoms. The molecule has 3 heterocycles. The van der Waals surface area contributed by atoms with Gasteiger partial charge in [-0.2, -0.15) is 0 Å². The number of benzene rings is 2. The molecule has 2 fully saturated rings. The number of rotatable bonds is 7. The van der Waals surface area contributed by atoms with Crippen molar-refractivity contribution in [2.45, 2.75) is 32.8 Å². The van der Waals surface area contributed by atoms with Crippen molar-refractivity contribution in [2.24, 2.45) is 0 Å². The molecular formula is C30H35N5O3. The average molecular weight is 514 g/mol. The van der Waals surface area contributed by atoms with E-state index in [1.54, 1.807) is 4.90 Å². The van der Waals surface area contributed by atoms with Gasteiger partial charge in [-0.3, -0.25) is 9.59 Å². The summed E-state index contributed by atoms with van der Waals surface area (Å²) in [5, 5.41) is 8.87. The first-order valence-electron chi connectivity index (χ1n) is 13.4. The predicted molar refractivity (Wildman–Crippen MR) is 147 cm³/mol. The summed E-state index contributed by atoms with van der Waals surface area (Å²) in [6, 6.07) is 19.7. The Kier molecular flexibility index (Phi) is 7.98. The average Bonchev–Trinajstić information content (AvgIpc) is 3.47. The number of anilines is 1. The van der Waals surface area contributed by atoms with E-state index < -0.39 is 0 Å². The van der Waals surface area contributed by atoms with Crippen molar-refractivity contribution in [1.82, 2.24) is 20.0 Å². The smallest absolute Gasteiger partial charge is 0.254 e. The molecule has 0 radical (unpaired) electrons. The van der Waals surface area contributed by atoms with Crippen molar-refractivity contribution in [3.8, 4) is 11.3 Å². The fraction of sp³-hybridized carbons (Fsp3) is 0.400. The third-order valence-electron chi connectivity index (χ3n) is 7.31. The van der Waals surface area contributed by atoms with Gasteiger partial charge in [0.2, 0.25) is 5.91 Å². The molecular weight excluding hydrogens is 478 g/mol. The molecule has 0 bridgehead atoms. The van der Waals surface area contributed by atoms with Crippen LogP contribution in [0.1, 0.15) is 34.3 Å². The third-order valence-corrected chi connectivity index (χ3v) is 7.31. The second-order valence-electron chi connectivity index (χ2n) is 10.2. The molecule has 2 saturated heterocycles. The topological polar surface area (TPSA) is 78.9 Å². The van der Waals surface area contributed by atoms with Crippen molar-refractivity contribution in [3.63, 3.8) is 0 Å². The van der Waals surface area contributed by atoms with Crippen molar-refractivity contribution in [2.75, 3.05) is 50.8 Å². The second kappa shape index (κ2) is 11.7. The number of aromatic nitrogens is 2. The van der Waals surface area contributed by atoms with Crippen molar-refractivity contribution < 1.29 is 14.3 Å². The SMILES string of the molecule is Cc1ccc(C(=O)N(CC(=O)N2CCN(c3ccc(-c4ccc(C)cc4)nn3)CC2)CC2CCCO2)cc1. The zero-order chi connectivity index (χ0) is 26.5. The maximum Gasteiger partial charge on any atom is 0.254 e. The summed E-state index contributed by atoms with van der Waals surface area (Å²) in [7, 11) is 0. The maximum atomic E-state index is 13.3. The predicted octanol–water partition coefficient (Wildman–Crippen LogP) is 3.73. The number of carbonyl (C=O) groups is 2. The molecule has 1 atom stereocenters. The number of hydrogen-bond acceptors (Lipinski definition) is 6. The molecule has 1 unspecified atom stereocenters. The van der Waals surface area contributed by atoms with Crippen LogP contribution in [-0.2, 0) is 9.53 Å². The Morgan fingerprint density at radius 2 is 1.58 bits per heavy atom. The van der Waals surface area contributed by atoms with Gasteiger partial charge < -0.3 is 19.4 Å². The summed E-state index contributed by atoms with van der Waals surface area (Å²) in [5.74, 6) is 0.642. The van der Waals surface area contributed by atoms with Crippen LogP contribution in [0.25, 0.3) is 11.3 Å². The van der Waals surface area contributed by atoms with E-state index in [4.69, 9.17) is 4.74 Å². The number of hydrogen-bond donors (Lipinski definition) is 0. The minimum Gasteiger partial charge on any atom is -0.376 e. The van der Waals surface area contributed by atoms with E-state index in [9.17, 15) is 9.59 Å². The van der Waals surface area contributed by atoms with E-state index >= 15 is 0 Å². The lowest BCUT2D eigenvalue weighted by molar-refractivity contribution is -0.132. The molecule has 0 spiro atoms. The minimum atomic E-state index is -0.128. The van der Waals surface area contributed by atoms with Gasteiger partial charge in [-0.25, -0.2) is 0 Å². The number of nitrogens with zero attached hydrogens (tertiary/aromatic N) is 5. The Morgan fingerprint density at radius 1 is 0.895 bits per heavy atom. The summed E-state index contributed by atoms with van der Waals surface area (Å²) in [4.78, 5) is 32.3. The summed E-state index contributed by atoms with van der Waals surface area (Å²) in [5.41, 5.74) is 4.78. The molecule has 0 aliphatic carbocycles. The lowest BCUT2D eigenvalue weighted by atomic mass is 10.1. The number of amides is 2. The van der Waals surface area contributed by atoms with Crippen LogP contribution in [0.5, 0.6) is 0 Å². The van der Waals surface area contributed by atoms with Crippen LogP contribution < -0.4 is 4.90 Å². The van der Waals surface area contributed by atoms with Crippen LogP contribution in [0.15, 0.2) is 60.7 Å². The zero-order valence-corrected chi connectivity index (χ0v) is 22.2. The molecule has 1 aromatic heterocycles. The summed E-state index contributed by atoms with van der Waals surface area (Å²) in [6.45, 7) is 7.74. The highest BCUT2D eigenvalue weighted by Gasteiger charge is 2.28. The summed E-state index contributed by atoms with van der Waals surface area (Å²) in [6.07, 6.45) is 1.88. The van der Waals surface area contributed by atoms with Gasteiger partial charge in [0.05, 0.1) is 11.8 Å². The van der Waals surface area contributed by atoms with E-state index in [0.717, 1.165) is 35.5 Å². The first-order valence-corrected chi connectivity index (χ1v) is 13.4. The molecule has 2 aliphatic heterocycles. The fourth-order valence-electron chi connectivity index (χ4n) is 4.95. The first kappa shape index (κ1) is 25.9. The number of ether oxygens (including phenoxy) is 1. The largest absolute Gasteiger partial charge is 0.376 e. The Balaban J connectivity index is 1.19. The van der Waals surface area contributed by atoms with Crippen LogP contribution in [0, 0.1) is 13.8 Å². The molecule has 2 aromatic carbocycles. The van der Waals surface area contributed by atoms with Gasteiger partial charge in [-0.05, 0) is 51.0 Å². The van der Waals surface area contributed by atoms with E-state index in [-0.39, 0.29) is 24.5 Å². The third kappa shape index (κ3) is 6.19. The Bertz CT molecular complexity index is 1230. The molecule has 2 aliphatic rings. The number of carbonyl (C=O) groups excluding carboxylic acids is 2. The summed E-state index contributed by atoms with van der Waals surface area (Å²) < 4.78 is 5.78. The van der Waals surface area contributed by atoms with Gasteiger partial charge in [0.25, 0.3) is 5.91 Å².